The van der Waals surface area contributed by atoms with E-state index in [9.17, 15) is 4.79 Å². The van der Waals surface area contributed by atoms with Gasteiger partial charge in [0, 0.05) is 11.1 Å². The molecule has 0 saturated carbocycles. The summed E-state index contributed by atoms with van der Waals surface area (Å²) < 4.78 is 11.1. The van der Waals surface area contributed by atoms with Gasteiger partial charge in [-0.2, -0.15) is 0 Å². The summed E-state index contributed by atoms with van der Waals surface area (Å²) >= 11 is 5.35. The predicted octanol–water partition coefficient (Wildman–Crippen LogP) is 4.24. The average Bonchev–Trinajstić information content (AvgIpc) is 2.59. The number of ether oxygens (including phenoxy) is 2. The summed E-state index contributed by atoms with van der Waals surface area (Å²) in [6.07, 6.45) is -0.466. The van der Waals surface area contributed by atoms with E-state index >= 15 is 0 Å². The fourth-order valence-electron chi connectivity index (χ4n) is 1.91. The van der Waals surface area contributed by atoms with Gasteiger partial charge in [0.25, 0.3) is 0 Å². The SMILES string of the molecule is C=C(C)C(=O)OCC(OC(=S)c1ccccc1)c1ccccc1. The van der Waals surface area contributed by atoms with Gasteiger partial charge in [-0.05, 0) is 24.7 Å². The van der Waals surface area contributed by atoms with Gasteiger partial charge in [0.05, 0.1) is 0 Å². The molecule has 0 saturated heterocycles. The van der Waals surface area contributed by atoms with Gasteiger partial charge < -0.3 is 9.47 Å². The first kappa shape index (κ1) is 16.9. The number of thiocarbonyl (C=S) groups is 1. The Balaban J connectivity index is 2.12. The minimum Gasteiger partial charge on any atom is -0.471 e. The van der Waals surface area contributed by atoms with Crippen molar-refractivity contribution in [3.05, 3.63) is 83.9 Å². The minimum atomic E-state index is -0.466. The maximum Gasteiger partial charge on any atom is 0.333 e. The van der Waals surface area contributed by atoms with Crippen LogP contribution >= 0.6 is 12.2 Å². The van der Waals surface area contributed by atoms with Gasteiger partial charge in [-0.15, -0.1) is 0 Å². The molecule has 0 bridgehead atoms. The highest BCUT2D eigenvalue weighted by Gasteiger charge is 2.18. The Morgan fingerprint density at radius 1 is 1.09 bits per heavy atom. The van der Waals surface area contributed by atoms with Crippen LogP contribution in [-0.2, 0) is 14.3 Å². The van der Waals surface area contributed by atoms with E-state index in [4.69, 9.17) is 21.7 Å². The van der Waals surface area contributed by atoms with E-state index < -0.39 is 12.1 Å². The monoisotopic (exact) mass is 326 g/mol. The largest absolute Gasteiger partial charge is 0.471 e. The van der Waals surface area contributed by atoms with Crippen LogP contribution in [0.25, 0.3) is 0 Å². The number of hydrogen-bond donors (Lipinski definition) is 0. The van der Waals surface area contributed by atoms with Crippen molar-refractivity contribution >= 4 is 23.2 Å². The Labute approximate surface area is 141 Å². The summed E-state index contributed by atoms with van der Waals surface area (Å²) in [5.41, 5.74) is 2.05. The molecular weight excluding hydrogens is 308 g/mol. The first-order chi connectivity index (χ1) is 11.1. The molecule has 118 valence electrons. The topological polar surface area (TPSA) is 35.5 Å². The zero-order chi connectivity index (χ0) is 16.7. The highest BCUT2D eigenvalue weighted by molar-refractivity contribution is 7.80. The van der Waals surface area contributed by atoms with Crippen molar-refractivity contribution in [3.8, 4) is 0 Å². The normalized spacial score (nSPS) is 11.3. The molecule has 0 amide bonds. The molecule has 1 unspecified atom stereocenters. The second kappa shape index (κ2) is 8.25. The van der Waals surface area contributed by atoms with Crippen molar-refractivity contribution in [2.45, 2.75) is 13.0 Å². The zero-order valence-corrected chi connectivity index (χ0v) is 13.7. The summed E-state index contributed by atoms with van der Waals surface area (Å²) in [6, 6.07) is 19.0. The molecule has 0 aliphatic carbocycles. The third-order valence-corrected chi connectivity index (χ3v) is 3.48. The van der Waals surface area contributed by atoms with Gasteiger partial charge in [-0.25, -0.2) is 4.79 Å². The molecule has 1 atom stereocenters. The Bertz CT molecular complexity index is 680. The van der Waals surface area contributed by atoms with E-state index in [-0.39, 0.29) is 6.61 Å². The molecule has 0 heterocycles. The first-order valence-corrected chi connectivity index (χ1v) is 7.62. The van der Waals surface area contributed by atoms with Crippen molar-refractivity contribution in [1.29, 1.82) is 0 Å². The van der Waals surface area contributed by atoms with E-state index in [0.717, 1.165) is 11.1 Å². The van der Waals surface area contributed by atoms with Crippen LogP contribution in [0.1, 0.15) is 24.2 Å². The van der Waals surface area contributed by atoms with Crippen molar-refractivity contribution in [2.75, 3.05) is 6.61 Å². The van der Waals surface area contributed by atoms with Crippen LogP contribution in [0.2, 0.25) is 0 Å². The van der Waals surface area contributed by atoms with Crippen LogP contribution in [0.3, 0.4) is 0 Å². The molecule has 23 heavy (non-hydrogen) atoms. The predicted molar refractivity (Wildman–Crippen MR) is 94.2 cm³/mol. The number of benzene rings is 2. The van der Waals surface area contributed by atoms with Crippen molar-refractivity contribution < 1.29 is 14.3 Å². The lowest BCUT2D eigenvalue weighted by Gasteiger charge is -2.20. The van der Waals surface area contributed by atoms with Gasteiger partial charge in [-0.3, -0.25) is 0 Å². The Morgan fingerprint density at radius 2 is 1.65 bits per heavy atom. The summed E-state index contributed by atoms with van der Waals surface area (Å²) in [6.45, 7) is 5.25. The molecule has 4 heteroatoms. The lowest BCUT2D eigenvalue weighted by atomic mass is 10.1. The summed E-state index contributed by atoms with van der Waals surface area (Å²) in [5, 5.41) is 0.367. The number of hydrogen-bond acceptors (Lipinski definition) is 4. The van der Waals surface area contributed by atoms with Crippen LogP contribution in [-0.4, -0.2) is 17.6 Å². The van der Waals surface area contributed by atoms with E-state index in [1.165, 1.54) is 0 Å². The molecule has 0 aliphatic rings. The number of esters is 1. The second-order valence-electron chi connectivity index (χ2n) is 5.05. The summed E-state index contributed by atoms with van der Waals surface area (Å²) in [5.74, 6) is -0.444. The lowest BCUT2D eigenvalue weighted by Crippen LogP contribution is -2.18. The smallest absolute Gasteiger partial charge is 0.333 e. The van der Waals surface area contributed by atoms with Crippen molar-refractivity contribution in [1.82, 2.24) is 0 Å². The Morgan fingerprint density at radius 3 is 2.22 bits per heavy atom. The van der Waals surface area contributed by atoms with E-state index in [2.05, 4.69) is 6.58 Å². The fraction of sp³-hybridized carbons (Fsp3) is 0.158. The van der Waals surface area contributed by atoms with Gasteiger partial charge in [0.1, 0.15) is 6.61 Å². The van der Waals surface area contributed by atoms with Gasteiger partial charge in [-0.1, -0.05) is 67.2 Å². The van der Waals surface area contributed by atoms with Gasteiger partial charge >= 0.3 is 5.97 Å². The zero-order valence-electron chi connectivity index (χ0n) is 12.9. The highest BCUT2D eigenvalue weighted by Crippen LogP contribution is 2.20. The van der Waals surface area contributed by atoms with Crippen LogP contribution in [0.15, 0.2) is 72.8 Å². The van der Waals surface area contributed by atoms with Crippen LogP contribution in [0.4, 0.5) is 0 Å². The van der Waals surface area contributed by atoms with Crippen molar-refractivity contribution in [3.63, 3.8) is 0 Å². The first-order valence-electron chi connectivity index (χ1n) is 7.21. The van der Waals surface area contributed by atoms with Crippen LogP contribution in [0, 0.1) is 0 Å². The standard InChI is InChI=1S/C19H18O3S/c1-14(2)18(20)21-13-17(15-9-5-3-6-10-15)22-19(23)16-11-7-4-8-12-16/h3-12,17H,1,13H2,2H3. The second-order valence-corrected chi connectivity index (χ2v) is 5.42. The lowest BCUT2D eigenvalue weighted by molar-refractivity contribution is -0.141. The summed E-state index contributed by atoms with van der Waals surface area (Å²) in [4.78, 5) is 11.6. The van der Waals surface area contributed by atoms with E-state index in [0.29, 0.717) is 10.6 Å². The van der Waals surface area contributed by atoms with Gasteiger partial charge in [0.2, 0.25) is 0 Å². The quantitative estimate of drug-likeness (QED) is 0.452. The maximum atomic E-state index is 11.6. The third kappa shape index (κ3) is 5.04. The average molecular weight is 326 g/mol. The molecular formula is C19H18O3S. The maximum absolute atomic E-state index is 11.6. The Hall–Kier alpha value is -2.46. The molecule has 0 aromatic heterocycles. The highest BCUT2D eigenvalue weighted by atomic mass is 32.1. The number of rotatable bonds is 6. The number of carbonyl (C=O) groups excluding carboxylic acids is 1. The fourth-order valence-corrected chi connectivity index (χ4v) is 2.16. The minimum absolute atomic E-state index is 0.0721. The van der Waals surface area contributed by atoms with Crippen LogP contribution in [0.5, 0.6) is 0 Å². The van der Waals surface area contributed by atoms with E-state index in [1.807, 2.05) is 60.7 Å². The van der Waals surface area contributed by atoms with Crippen LogP contribution < -0.4 is 0 Å². The summed E-state index contributed by atoms with van der Waals surface area (Å²) in [7, 11) is 0. The Kier molecular flexibility index (Phi) is 6.06. The molecule has 2 aromatic carbocycles. The molecule has 0 fully saturated rings. The molecule has 0 radical (unpaired) electrons. The molecule has 2 rings (SSSR count). The number of carbonyl (C=O) groups is 1. The molecule has 0 N–H and O–H groups in total. The molecule has 0 spiro atoms. The molecule has 3 nitrogen and oxygen atoms in total. The molecule has 2 aromatic rings. The third-order valence-electron chi connectivity index (χ3n) is 3.14. The van der Waals surface area contributed by atoms with Crippen molar-refractivity contribution in [2.24, 2.45) is 0 Å². The molecule has 0 aliphatic heterocycles. The van der Waals surface area contributed by atoms with E-state index in [1.54, 1.807) is 6.92 Å². The van der Waals surface area contributed by atoms with Gasteiger partial charge in [0.15, 0.2) is 11.2 Å².